The molecule has 0 unspecified atom stereocenters. The Balaban J connectivity index is 2.09. The number of hydrogen-bond acceptors (Lipinski definition) is 5. The number of carbonyl (C=O) groups is 2. The number of benzene rings is 1. The first-order chi connectivity index (χ1) is 11.2. The van der Waals surface area contributed by atoms with Gasteiger partial charge in [0.15, 0.2) is 0 Å². The lowest BCUT2D eigenvalue weighted by Gasteiger charge is -2.27. The van der Waals surface area contributed by atoms with Crippen molar-refractivity contribution in [2.75, 3.05) is 13.7 Å². The minimum Gasteiger partial charge on any atom is -0.488 e. The zero-order valence-electron chi connectivity index (χ0n) is 14.2. The summed E-state index contributed by atoms with van der Waals surface area (Å²) in [7, 11) is 1.29. The Labute approximate surface area is 146 Å². The molecule has 24 heavy (non-hydrogen) atoms. The molecule has 2 atom stereocenters. The van der Waals surface area contributed by atoms with Gasteiger partial charge >= 0.3 is 12.1 Å². The van der Waals surface area contributed by atoms with E-state index in [1.54, 1.807) is 45.0 Å². The van der Waals surface area contributed by atoms with Crippen molar-refractivity contribution in [1.82, 2.24) is 4.90 Å². The van der Waals surface area contributed by atoms with Gasteiger partial charge in [0.05, 0.1) is 13.7 Å². The summed E-state index contributed by atoms with van der Waals surface area (Å²) < 4.78 is 16.0. The molecule has 6 nitrogen and oxygen atoms in total. The van der Waals surface area contributed by atoms with E-state index in [4.69, 9.17) is 25.8 Å². The van der Waals surface area contributed by atoms with Gasteiger partial charge < -0.3 is 14.2 Å². The zero-order chi connectivity index (χ0) is 17.9. The third-order valence-corrected chi connectivity index (χ3v) is 3.73. The van der Waals surface area contributed by atoms with E-state index in [1.165, 1.54) is 12.0 Å². The summed E-state index contributed by atoms with van der Waals surface area (Å²) in [6.45, 7) is 5.57. The topological polar surface area (TPSA) is 65.1 Å². The number of rotatable bonds is 3. The summed E-state index contributed by atoms with van der Waals surface area (Å²) in [5, 5.41) is 0.608. The number of ether oxygens (including phenoxy) is 3. The van der Waals surface area contributed by atoms with Crippen molar-refractivity contribution >= 4 is 23.7 Å². The van der Waals surface area contributed by atoms with Crippen LogP contribution in [0, 0.1) is 0 Å². The Kier molecular flexibility index (Phi) is 5.59. The highest BCUT2D eigenvalue weighted by Crippen LogP contribution is 2.26. The van der Waals surface area contributed by atoms with Crippen molar-refractivity contribution in [3.63, 3.8) is 0 Å². The van der Waals surface area contributed by atoms with Gasteiger partial charge in [-0.1, -0.05) is 11.6 Å². The lowest BCUT2D eigenvalue weighted by Crippen LogP contribution is -2.44. The largest absolute Gasteiger partial charge is 0.488 e. The summed E-state index contributed by atoms with van der Waals surface area (Å²) in [4.78, 5) is 25.7. The van der Waals surface area contributed by atoms with Gasteiger partial charge in [-0.05, 0) is 45.0 Å². The monoisotopic (exact) mass is 355 g/mol. The van der Waals surface area contributed by atoms with Crippen LogP contribution in [0.2, 0.25) is 5.02 Å². The Morgan fingerprint density at radius 2 is 1.83 bits per heavy atom. The van der Waals surface area contributed by atoms with Crippen LogP contribution in [0.1, 0.15) is 27.2 Å². The van der Waals surface area contributed by atoms with E-state index >= 15 is 0 Å². The van der Waals surface area contributed by atoms with Crippen LogP contribution in [0.15, 0.2) is 24.3 Å². The third-order valence-electron chi connectivity index (χ3n) is 3.48. The van der Waals surface area contributed by atoms with Crippen molar-refractivity contribution in [1.29, 1.82) is 0 Å². The summed E-state index contributed by atoms with van der Waals surface area (Å²) in [5.41, 5.74) is -0.646. The highest BCUT2D eigenvalue weighted by molar-refractivity contribution is 6.30. The molecule has 0 bridgehead atoms. The molecule has 1 aliphatic heterocycles. The number of carbonyl (C=O) groups excluding carboxylic acids is 2. The normalized spacial score (nSPS) is 20.6. The summed E-state index contributed by atoms with van der Waals surface area (Å²) >= 11 is 5.85. The van der Waals surface area contributed by atoms with Crippen LogP contribution in [0.5, 0.6) is 5.75 Å². The predicted molar refractivity (Wildman–Crippen MR) is 89.2 cm³/mol. The molecule has 1 aromatic rings. The van der Waals surface area contributed by atoms with Crippen molar-refractivity contribution in [3.05, 3.63) is 29.3 Å². The van der Waals surface area contributed by atoms with Gasteiger partial charge in [0.2, 0.25) is 0 Å². The summed E-state index contributed by atoms with van der Waals surface area (Å²) in [6.07, 6.45) is -0.544. The Bertz CT molecular complexity index is 596. The van der Waals surface area contributed by atoms with E-state index in [9.17, 15) is 9.59 Å². The van der Waals surface area contributed by atoms with Gasteiger partial charge in [0.25, 0.3) is 0 Å². The first-order valence-electron chi connectivity index (χ1n) is 7.69. The summed E-state index contributed by atoms with van der Waals surface area (Å²) in [5.74, 6) is 0.141. The molecule has 0 N–H and O–H groups in total. The first kappa shape index (κ1) is 18.4. The van der Waals surface area contributed by atoms with Crippen LogP contribution in [0.3, 0.4) is 0 Å². The minimum atomic E-state index is -0.720. The van der Waals surface area contributed by atoms with Crippen LogP contribution < -0.4 is 4.74 Å². The maximum Gasteiger partial charge on any atom is 0.411 e. The Hall–Kier alpha value is -1.95. The van der Waals surface area contributed by atoms with E-state index in [0.717, 1.165) is 0 Å². The number of likely N-dealkylation sites (tertiary alicyclic amines) is 1. The maximum absolute atomic E-state index is 12.4. The zero-order valence-corrected chi connectivity index (χ0v) is 15.0. The number of hydrogen-bond donors (Lipinski definition) is 0. The van der Waals surface area contributed by atoms with Gasteiger partial charge in [-0.15, -0.1) is 0 Å². The average molecular weight is 356 g/mol. The van der Waals surface area contributed by atoms with Crippen molar-refractivity contribution in [2.24, 2.45) is 0 Å². The minimum absolute atomic E-state index is 0.247. The molecule has 0 aliphatic carbocycles. The van der Waals surface area contributed by atoms with E-state index < -0.39 is 23.7 Å². The van der Waals surface area contributed by atoms with Gasteiger partial charge in [-0.3, -0.25) is 4.90 Å². The summed E-state index contributed by atoms with van der Waals surface area (Å²) in [6, 6.07) is 6.20. The van der Waals surface area contributed by atoms with E-state index in [2.05, 4.69) is 0 Å². The molecule has 2 rings (SSSR count). The Morgan fingerprint density at radius 1 is 1.21 bits per heavy atom. The second-order valence-electron chi connectivity index (χ2n) is 6.60. The van der Waals surface area contributed by atoms with Crippen LogP contribution in [0.25, 0.3) is 0 Å². The van der Waals surface area contributed by atoms with E-state index in [-0.39, 0.29) is 12.6 Å². The van der Waals surface area contributed by atoms with Crippen LogP contribution >= 0.6 is 11.6 Å². The molecule has 1 saturated heterocycles. The molecule has 1 aromatic carbocycles. The second kappa shape index (κ2) is 7.30. The number of amides is 1. The molecule has 7 heteroatoms. The fraction of sp³-hybridized carbons (Fsp3) is 0.529. The molecule has 1 amide bonds. The van der Waals surface area contributed by atoms with E-state index in [0.29, 0.717) is 17.2 Å². The lowest BCUT2D eigenvalue weighted by molar-refractivity contribution is -0.145. The van der Waals surface area contributed by atoms with Crippen LogP contribution in [-0.2, 0) is 14.3 Å². The molecule has 0 saturated carbocycles. The highest BCUT2D eigenvalue weighted by atomic mass is 35.5. The van der Waals surface area contributed by atoms with Gasteiger partial charge in [-0.25, -0.2) is 9.59 Å². The first-order valence-corrected chi connectivity index (χ1v) is 8.07. The average Bonchev–Trinajstić information content (AvgIpc) is 2.91. The predicted octanol–water partition coefficient (Wildman–Crippen LogP) is 3.27. The molecule has 1 heterocycles. The maximum atomic E-state index is 12.4. The van der Waals surface area contributed by atoms with Gasteiger partial charge in [-0.2, -0.15) is 0 Å². The third kappa shape index (κ3) is 4.77. The van der Waals surface area contributed by atoms with Crippen LogP contribution in [-0.4, -0.2) is 48.4 Å². The van der Waals surface area contributed by atoms with Crippen LogP contribution in [0.4, 0.5) is 4.79 Å². The van der Waals surface area contributed by atoms with E-state index in [1.807, 2.05) is 0 Å². The molecular formula is C17H22ClNO5. The smallest absolute Gasteiger partial charge is 0.411 e. The van der Waals surface area contributed by atoms with Gasteiger partial charge in [0, 0.05) is 11.4 Å². The van der Waals surface area contributed by atoms with Gasteiger partial charge in [0.1, 0.15) is 23.5 Å². The molecule has 0 aromatic heterocycles. The SMILES string of the molecule is COC(=O)[C@H]1C[C@@H](Oc2ccc(Cl)cc2)CN1C(=O)OC(C)(C)C. The quantitative estimate of drug-likeness (QED) is 0.778. The molecule has 1 aliphatic rings. The molecular weight excluding hydrogens is 334 g/mol. The number of methoxy groups -OCH3 is 1. The highest BCUT2D eigenvalue weighted by Gasteiger charge is 2.43. The fourth-order valence-corrected chi connectivity index (χ4v) is 2.60. The molecule has 0 radical (unpaired) electrons. The molecule has 0 spiro atoms. The number of nitrogens with zero attached hydrogens (tertiary/aromatic N) is 1. The van der Waals surface area contributed by atoms with Crippen molar-refractivity contribution in [2.45, 2.75) is 44.9 Å². The second-order valence-corrected chi connectivity index (χ2v) is 7.04. The molecule has 1 fully saturated rings. The fourth-order valence-electron chi connectivity index (χ4n) is 2.47. The van der Waals surface area contributed by atoms with Crippen molar-refractivity contribution in [3.8, 4) is 5.75 Å². The number of halogens is 1. The van der Waals surface area contributed by atoms with Crippen molar-refractivity contribution < 1.29 is 23.8 Å². The standard InChI is InChI=1S/C17H22ClNO5/c1-17(2,3)24-16(21)19-10-13(9-14(19)15(20)22-4)23-12-7-5-11(18)6-8-12/h5-8,13-14H,9-10H2,1-4H3/t13-,14-/m1/s1. The lowest BCUT2D eigenvalue weighted by atomic mass is 10.2. The Morgan fingerprint density at radius 3 is 2.38 bits per heavy atom. The number of esters is 1. The molecule has 132 valence electrons.